The van der Waals surface area contributed by atoms with Crippen LogP contribution >= 0.6 is 0 Å². The number of hydrogen-bond acceptors (Lipinski definition) is 5. The van der Waals surface area contributed by atoms with Crippen molar-refractivity contribution < 1.29 is 4.74 Å². The summed E-state index contributed by atoms with van der Waals surface area (Å²) in [6.45, 7) is 0. The van der Waals surface area contributed by atoms with Crippen molar-refractivity contribution in [2.45, 2.75) is 0 Å². The normalized spacial score (nSPS) is 10.3. The molecular weight excluding hydrogens is 290 g/mol. The van der Waals surface area contributed by atoms with Crippen LogP contribution in [0.25, 0.3) is 22.4 Å². The molecule has 3 aromatic rings. The van der Waals surface area contributed by atoms with E-state index in [0.29, 0.717) is 22.6 Å². The van der Waals surface area contributed by atoms with Gasteiger partial charge in [0.05, 0.1) is 19.0 Å². The molecule has 2 aromatic heterocycles. The molecule has 0 radical (unpaired) electrons. The maximum Gasteiger partial charge on any atom is 0.142 e. The number of nitrogens with zero attached hydrogens (tertiary/aromatic N) is 4. The van der Waals surface area contributed by atoms with Crippen LogP contribution in [0.1, 0.15) is 5.56 Å². The molecule has 0 amide bonds. The highest BCUT2D eigenvalue weighted by Gasteiger charge is 2.16. The highest BCUT2D eigenvalue weighted by molar-refractivity contribution is 5.81. The largest absolute Gasteiger partial charge is 0.496 e. The number of methoxy groups -OCH3 is 1. The van der Waals surface area contributed by atoms with Crippen molar-refractivity contribution in [3.05, 3.63) is 48.3 Å². The van der Waals surface area contributed by atoms with E-state index in [9.17, 15) is 5.26 Å². The predicted molar refractivity (Wildman–Crippen MR) is 87.6 cm³/mol. The van der Waals surface area contributed by atoms with Crippen molar-refractivity contribution in [3.63, 3.8) is 0 Å². The van der Waals surface area contributed by atoms with Crippen molar-refractivity contribution >= 4 is 5.82 Å². The number of aryl methyl sites for hydroxylation is 1. The lowest BCUT2D eigenvalue weighted by atomic mass is 10.0. The standard InChI is InChI=1S/C17H15N5O/c1-22-10-11(9-20-22)13-7-15(21-17(19)14(13)8-18)12-5-3-4-6-16(12)23-2/h3-7,9-10H,1-2H3,(H2,19,21). The molecule has 0 aliphatic carbocycles. The van der Waals surface area contributed by atoms with E-state index in [0.717, 1.165) is 11.1 Å². The zero-order chi connectivity index (χ0) is 16.4. The second-order valence-corrected chi connectivity index (χ2v) is 5.03. The number of pyridine rings is 1. The van der Waals surface area contributed by atoms with Crippen LogP contribution in [0.4, 0.5) is 5.82 Å². The number of aromatic nitrogens is 3. The highest BCUT2D eigenvalue weighted by atomic mass is 16.5. The number of anilines is 1. The fraction of sp³-hybridized carbons (Fsp3) is 0.118. The van der Waals surface area contributed by atoms with E-state index in [2.05, 4.69) is 16.2 Å². The zero-order valence-electron chi connectivity index (χ0n) is 12.8. The van der Waals surface area contributed by atoms with E-state index in [1.54, 1.807) is 18.0 Å². The Balaban J connectivity index is 2.25. The van der Waals surface area contributed by atoms with Crippen LogP contribution < -0.4 is 10.5 Å². The molecule has 0 atom stereocenters. The van der Waals surface area contributed by atoms with Gasteiger partial charge in [0, 0.05) is 29.9 Å². The molecule has 0 aliphatic rings. The van der Waals surface area contributed by atoms with Gasteiger partial charge in [0.2, 0.25) is 0 Å². The van der Waals surface area contributed by atoms with Crippen molar-refractivity contribution in [2.24, 2.45) is 7.05 Å². The number of nitriles is 1. The molecule has 0 fully saturated rings. The minimum absolute atomic E-state index is 0.190. The Kier molecular flexibility index (Phi) is 3.69. The number of para-hydroxylation sites is 1. The van der Waals surface area contributed by atoms with E-state index >= 15 is 0 Å². The van der Waals surface area contributed by atoms with Crippen LogP contribution in [0, 0.1) is 11.3 Å². The summed E-state index contributed by atoms with van der Waals surface area (Å²) < 4.78 is 7.06. The van der Waals surface area contributed by atoms with Crippen LogP contribution in [0.15, 0.2) is 42.7 Å². The first kappa shape index (κ1) is 14.6. The monoisotopic (exact) mass is 305 g/mol. The summed E-state index contributed by atoms with van der Waals surface area (Å²) >= 11 is 0. The minimum Gasteiger partial charge on any atom is -0.496 e. The number of nitrogens with two attached hydrogens (primary N) is 1. The van der Waals surface area contributed by atoms with Gasteiger partial charge in [-0.1, -0.05) is 12.1 Å². The highest BCUT2D eigenvalue weighted by Crippen LogP contribution is 2.34. The predicted octanol–water partition coefficient (Wildman–Crippen LogP) is 2.61. The summed E-state index contributed by atoms with van der Waals surface area (Å²) in [5.41, 5.74) is 9.33. The summed E-state index contributed by atoms with van der Waals surface area (Å²) in [5.74, 6) is 0.885. The van der Waals surface area contributed by atoms with Crippen LogP contribution in [0.3, 0.4) is 0 Å². The van der Waals surface area contributed by atoms with Crippen LogP contribution in [-0.4, -0.2) is 21.9 Å². The molecule has 2 N–H and O–H groups in total. The average Bonchev–Trinajstić information content (AvgIpc) is 3.00. The third-order valence-corrected chi connectivity index (χ3v) is 3.56. The molecule has 23 heavy (non-hydrogen) atoms. The number of nitrogen functional groups attached to an aromatic ring is 1. The van der Waals surface area contributed by atoms with Gasteiger partial charge in [-0.15, -0.1) is 0 Å². The van der Waals surface area contributed by atoms with Crippen LogP contribution in [-0.2, 0) is 7.05 Å². The quantitative estimate of drug-likeness (QED) is 0.803. The molecule has 0 saturated heterocycles. The number of ether oxygens (including phenoxy) is 1. The molecule has 0 spiro atoms. The van der Waals surface area contributed by atoms with Crippen LogP contribution in [0.5, 0.6) is 5.75 Å². The summed E-state index contributed by atoms with van der Waals surface area (Å²) in [4.78, 5) is 4.36. The first-order valence-corrected chi connectivity index (χ1v) is 6.97. The Bertz CT molecular complexity index is 908. The van der Waals surface area contributed by atoms with E-state index in [1.807, 2.05) is 43.6 Å². The average molecular weight is 305 g/mol. The first-order valence-electron chi connectivity index (χ1n) is 6.97. The summed E-state index contributed by atoms with van der Waals surface area (Å²) in [7, 11) is 3.43. The maximum absolute atomic E-state index is 9.41. The molecule has 114 valence electrons. The molecule has 0 aliphatic heterocycles. The molecule has 6 heteroatoms. The van der Waals surface area contributed by atoms with Crippen molar-refractivity contribution in [1.82, 2.24) is 14.8 Å². The Morgan fingerprint density at radius 3 is 2.70 bits per heavy atom. The van der Waals surface area contributed by atoms with Gasteiger partial charge in [0.1, 0.15) is 23.2 Å². The van der Waals surface area contributed by atoms with Gasteiger partial charge in [0.15, 0.2) is 0 Å². The molecule has 2 heterocycles. The van der Waals surface area contributed by atoms with Gasteiger partial charge in [-0.25, -0.2) is 4.98 Å². The molecule has 6 nitrogen and oxygen atoms in total. The first-order chi connectivity index (χ1) is 11.1. The Hall–Kier alpha value is -3.33. The Labute approximate surface area is 133 Å². The summed E-state index contributed by atoms with van der Waals surface area (Å²) in [6.07, 6.45) is 3.53. The number of rotatable bonds is 3. The summed E-state index contributed by atoms with van der Waals surface area (Å²) in [6, 6.07) is 11.5. The van der Waals surface area contributed by atoms with Crippen molar-refractivity contribution in [2.75, 3.05) is 12.8 Å². The van der Waals surface area contributed by atoms with Crippen LogP contribution in [0.2, 0.25) is 0 Å². The number of benzene rings is 1. The number of hydrogen-bond donors (Lipinski definition) is 1. The lowest BCUT2D eigenvalue weighted by Gasteiger charge is -2.11. The third-order valence-electron chi connectivity index (χ3n) is 3.56. The van der Waals surface area contributed by atoms with E-state index < -0.39 is 0 Å². The molecular formula is C17H15N5O. The van der Waals surface area contributed by atoms with E-state index in [4.69, 9.17) is 10.5 Å². The molecule has 0 bridgehead atoms. The smallest absolute Gasteiger partial charge is 0.142 e. The minimum atomic E-state index is 0.190. The van der Waals surface area contributed by atoms with Gasteiger partial charge < -0.3 is 10.5 Å². The van der Waals surface area contributed by atoms with Gasteiger partial charge in [0.25, 0.3) is 0 Å². The zero-order valence-corrected chi connectivity index (χ0v) is 12.8. The fourth-order valence-corrected chi connectivity index (χ4v) is 2.46. The Morgan fingerprint density at radius 1 is 1.26 bits per heavy atom. The molecule has 1 aromatic carbocycles. The lowest BCUT2D eigenvalue weighted by molar-refractivity contribution is 0.416. The van der Waals surface area contributed by atoms with Gasteiger partial charge in [-0.3, -0.25) is 4.68 Å². The molecule has 0 saturated carbocycles. The van der Waals surface area contributed by atoms with Gasteiger partial charge in [-0.2, -0.15) is 10.4 Å². The molecule has 0 unspecified atom stereocenters. The topological polar surface area (TPSA) is 89.8 Å². The second-order valence-electron chi connectivity index (χ2n) is 5.03. The molecule has 3 rings (SSSR count). The fourth-order valence-electron chi connectivity index (χ4n) is 2.46. The summed E-state index contributed by atoms with van der Waals surface area (Å²) in [5, 5.41) is 13.6. The van der Waals surface area contributed by atoms with E-state index in [1.165, 1.54) is 0 Å². The van der Waals surface area contributed by atoms with E-state index in [-0.39, 0.29) is 5.82 Å². The third kappa shape index (κ3) is 2.60. The van der Waals surface area contributed by atoms with Crippen molar-refractivity contribution in [3.8, 4) is 34.2 Å². The van der Waals surface area contributed by atoms with Gasteiger partial charge in [-0.05, 0) is 18.2 Å². The lowest BCUT2D eigenvalue weighted by Crippen LogP contribution is -2.00. The Morgan fingerprint density at radius 2 is 2.04 bits per heavy atom. The maximum atomic E-state index is 9.41. The van der Waals surface area contributed by atoms with Crippen molar-refractivity contribution in [1.29, 1.82) is 5.26 Å². The SMILES string of the molecule is COc1ccccc1-c1cc(-c2cnn(C)c2)c(C#N)c(N)n1. The van der Waals surface area contributed by atoms with Gasteiger partial charge >= 0.3 is 0 Å². The second kappa shape index (κ2) is 5.81.